The van der Waals surface area contributed by atoms with Crippen LogP contribution in [0.1, 0.15) is 46.5 Å². The lowest BCUT2D eigenvalue weighted by molar-refractivity contribution is -0.132. The minimum absolute atomic E-state index is 0. The predicted octanol–water partition coefficient (Wildman–Crippen LogP) is 1.64. The third-order valence-corrected chi connectivity index (χ3v) is 4.30. The summed E-state index contributed by atoms with van der Waals surface area (Å²) in [5.74, 6) is 0.311. The first-order valence-electron chi connectivity index (χ1n) is 7.71. The van der Waals surface area contributed by atoms with Crippen LogP contribution in [0.15, 0.2) is 0 Å². The Balaban J connectivity index is 0.00000400. The first kappa shape index (κ1) is 20.2. The van der Waals surface area contributed by atoms with E-state index < -0.39 is 0 Å². The highest BCUT2D eigenvalue weighted by molar-refractivity contribution is 5.85. The lowest BCUT2D eigenvalue weighted by atomic mass is 9.90. The smallest absolute Gasteiger partial charge is 0.222 e. The summed E-state index contributed by atoms with van der Waals surface area (Å²) in [6.07, 6.45) is 2.56. The number of hydrogen-bond acceptors (Lipinski definition) is 3. The molecule has 1 rings (SSSR count). The van der Waals surface area contributed by atoms with E-state index in [2.05, 4.69) is 6.92 Å². The van der Waals surface area contributed by atoms with Crippen molar-refractivity contribution in [1.29, 1.82) is 0 Å². The van der Waals surface area contributed by atoms with Gasteiger partial charge in [-0.15, -0.1) is 12.4 Å². The molecular formula is C15H30ClN3O2. The van der Waals surface area contributed by atoms with E-state index >= 15 is 0 Å². The van der Waals surface area contributed by atoms with E-state index in [9.17, 15) is 9.59 Å². The van der Waals surface area contributed by atoms with Gasteiger partial charge in [0.1, 0.15) is 0 Å². The van der Waals surface area contributed by atoms with Gasteiger partial charge in [-0.05, 0) is 38.6 Å². The van der Waals surface area contributed by atoms with E-state index in [1.807, 2.05) is 23.6 Å². The van der Waals surface area contributed by atoms with Crippen molar-refractivity contribution in [1.82, 2.24) is 9.80 Å². The van der Waals surface area contributed by atoms with Crippen LogP contribution < -0.4 is 5.73 Å². The molecule has 0 bridgehead atoms. The van der Waals surface area contributed by atoms with E-state index in [1.165, 1.54) is 0 Å². The molecule has 0 saturated carbocycles. The van der Waals surface area contributed by atoms with Crippen LogP contribution in [-0.4, -0.2) is 54.3 Å². The molecule has 1 heterocycles. The van der Waals surface area contributed by atoms with Gasteiger partial charge in [0.05, 0.1) is 0 Å². The van der Waals surface area contributed by atoms with Gasteiger partial charge in [0.25, 0.3) is 0 Å². The Labute approximate surface area is 134 Å². The van der Waals surface area contributed by atoms with Crippen molar-refractivity contribution in [2.24, 2.45) is 11.1 Å². The summed E-state index contributed by atoms with van der Waals surface area (Å²) in [6.45, 7) is 9.74. The highest BCUT2D eigenvalue weighted by Gasteiger charge is 2.34. The quantitative estimate of drug-likeness (QED) is 0.776. The Morgan fingerprint density at radius 1 is 1.24 bits per heavy atom. The molecule has 6 heteroatoms. The summed E-state index contributed by atoms with van der Waals surface area (Å²) in [4.78, 5) is 27.7. The molecule has 5 nitrogen and oxygen atoms in total. The molecule has 1 unspecified atom stereocenters. The maximum absolute atomic E-state index is 12.1. The fraction of sp³-hybridized carbons (Fsp3) is 0.867. The van der Waals surface area contributed by atoms with Crippen LogP contribution in [-0.2, 0) is 9.59 Å². The van der Waals surface area contributed by atoms with Gasteiger partial charge >= 0.3 is 0 Å². The van der Waals surface area contributed by atoms with E-state index in [0.29, 0.717) is 25.8 Å². The first-order chi connectivity index (χ1) is 9.45. The van der Waals surface area contributed by atoms with Crippen LogP contribution in [0.4, 0.5) is 0 Å². The zero-order valence-electron chi connectivity index (χ0n) is 13.6. The van der Waals surface area contributed by atoms with E-state index in [4.69, 9.17) is 5.73 Å². The highest BCUT2D eigenvalue weighted by Crippen LogP contribution is 2.28. The van der Waals surface area contributed by atoms with Crippen molar-refractivity contribution in [3.63, 3.8) is 0 Å². The molecule has 1 fully saturated rings. The minimum atomic E-state index is 0. The standard InChI is InChI=1S/C15H29N3O2.ClH/c1-4-17(5-2)13(19)7-6-8-14(20)18-10-9-15(3,11-16)12-18;/h4-12,16H2,1-3H3;1H. The molecule has 2 amide bonds. The molecule has 0 aliphatic carbocycles. The SMILES string of the molecule is CCN(CC)C(=O)CCCC(=O)N1CCC(C)(CN)C1.Cl. The van der Waals surface area contributed by atoms with Gasteiger partial charge in [-0.2, -0.15) is 0 Å². The lowest BCUT2D eigenvalue weighted by Gasteiger charge is -2.23. The fourth-order valence-corrected chi connectivity index (χ4v) is 2.69. The van der Waals surface area contributed by atoms with Crippen molar-refractivity contribution in [3.05, 3.63) is 0 Å². The molecule has 0 aromatic carbocycles. The third kappa shape index (κ3) is 5.83. The van der Waals surface area contributed by atoms with Gasteiger partial charge in [-0.3, -0.25) is 9.59 Å². The molecule has 0 aromatic rings. The average Bonchev–Trinajstić information content (AvgIpc) is 2.83. The monoisotopic (exact) mass is 319 g/mol. The van der Waals surface area contributed by atoms with Crippen LogP contribution in [0.5, 0.6) is 0 Å². The van der Waals surface area contributed by atoms with E-state index in [-0.39, 0.29) is 29.6 Å². The summed E-state index contributed by atoms with van der Waals surface area (Å²) in [5, 5.41) is 0. The topological polar surface area (TPSA) is 66.6 Å². The molecule has 0 aromatic heterocycles. The van der Waals surface area contributed by atoms with Gasteiger partial charge in [-0.25, -0.2) is 0 Å². The Bertz CT molecular complexity index is 348. The molecule has 2 N–H and O–H groups in total. The van der Waals surface area contributed by atoms with Crippen molar-refractivity contribution in [3.8, 4) is 0 Å². The summed E-state index contributed by atoms with van der Waals surface area (Å²) < 4.78 is 0. The average molecular weight is 320 g/mol. The van der Waals surface area contributed by atoms with Gasteiger partial charge in [-0.1, -0.05) is 6.92 Å². The molecule has 0 radical (unpaired) electrons. The summed E-state index contributed by atoms with van der Waals surface area (Å²) in [5.41, 5.74) is 5.82. The van der Waals surface area contributed by atoms with Crippen LogP contribution >= 0.6 is 12.4 Å². The second-order valence-corrected chi connectivity index (χ2v) is 6.00. The summed E-state index contributed by atoms with van der Waals surface area (Å²) in [7, 11) is 0. The van der Waals surface area contributed by atoms with Gasteiger partial charge in [0, 0.05) is 39.0 Å². The number of nitrogens with zero attached hydrogens (tertiary/aromatic N) is 2. The van der Waals surface area contributed by atoms with Crippen LogP contribution in [0.3, 0.4) is 0 Å². The first-order valence-corrected chi connectivity index (χ1v) is 7.71. The molecule has 1 aliphatic heterocycles. The number of amides is 2. The highest BCUT2D eigenvalue weighted by atomic mass is 35.5. The second kappa shape index (κ2) is 9.26. The summed E-state index contributed by atoms with van der Waals surface area (Å²) in [6, 6.07) is 0. The normalized spacial score (nSPS) is 21.0. The zero-order chi connectivity index (χ0) is 15.2. The minimum Gasteiger partial charge on any atom is -0.343 e. The predicted molar refractivity (Wildman–Crippen MR) is 87.4 cm³/mol. The molecule has 1 saturated heterocycles. The van der Waals surface area contributed by atoms with Crippen LogP contribution in [0.2, 0.25) is 0 Å². The molecular weight excluding hydrogens is 290 g/mol. The maximum atomic E-state index is 12.1. The lowest BCUT2D eigenvalue weighted by Crippen LogP contribution is -2.34. The van der Waals surface area contributed by atoms with Crippen LogP contribution in [0, 0.1) is 5.41 Å². The Kier molecular flexibility index (Phi) is 8.90. The Hall–Kier alpha value is -0.810. The van der Waals surface area contributed by atoms with Gasteiger partial charge < -0.3 is 15.5 Å². The number of hydrogen-bond donors (Lipinski definition) is 1. The Morgan fingerprint density at radius 3 is 2.33 bits per heavy atom. The molecule has 21 heavy (non-hydrogen) atoms. The summed E-state index contributed by atoms with van der Waals surface area (Å²) >= 11 is 0. The third-order valence-electron chi connectivity index (χ3n) is 4.30. The van der Waals surface area contributed by atoms with E-state index in [1.54, 1.807) is 0 Å². The number of carbonyl (C=O) groups excluding carboxylic acids is 2. The number of likely N-dealkylation sites (tertiary alicyclic amines) is 1. The number of carbonyl (C=O) groups is 2. The van der Waals surface area contributed by atoms with Crippen molar-refractivity contribution >= 4 is 24.2 Å². The van der Waals surface area contributed by atoms with Gasteiger partial charge in [0.15, 0.2) is 0 Å². The molecule has 1 aliphatic rings. The second-order valence-electron chi connectivity index (χ2n) is 6.00. The fourth-order valence-electron chi connectivity index (χ4n) is 2.69. The molecule has 1 atom stereocenters. The molecule has 0 spiro atoms. The number of halogens is 1. The van der Waals surface area contributed by atoms with Crippen molar-refractivity contribution in [2.75, 3.05) is 32.7 Å². The maximum Gasteiger partial charge on any atom is 0.222 e. The largest absolute Gasteiger partial charge is 0.343 e. The van der Waals surface area contributed by atoms with Crippen molar-refractivity contribution in [2.45, 2.75) is 46.5 Å². The number of rotatable bonds is 7. The number of nitrogens with two attached hydrogens (primary N) is 1. The van der Waals surface area contributed by atoms with Gasteiger partial charge in [0.2, 0.25) is 11.8 Å². The van der Waals surface area contributed by atoms with E-state index in [0.717, 1.165) is 32.6 Å². The van der Waals surface area contributed by atoms with Crippen molar-refractivity contribution < 1.29 is 9.59 Å². The van der Waals surface area contributed by atoms with Crippen LogP contribution in [0.25, 0.3) is 0 Å². The molecule has 124 valence electrons. The zero-order valence-corrected chi connectivity index (χ0v) is 14.4. The Morgan fingerprint density at radius 2 is 1.86 bits per heavy atom.